The van der Waals surface area contributed by atoms with Crippen LogP contribution in [0.2, 0.25) is 0 Å². The lowest BCUT2D eigenvalue weighted by Crippen LogP contribution is -2.39. The summed E-state index contributed by atoms with van der Waals surface area (Å²) in [5, 5.41) is 2.00. The maximum Gasteiger partial charge on any atom is 0.234 e. The number of hydrazine groups is 1. The number of nitrogens with zero attached hydrogens (tertiary/aromatic N) is 1. The van der Waals surface area contributed by atoms with Crippen molar-refractivity contribution >= 4 is 5.91 Å². The molecule has 1 aromatic rings. The molecule has 1 heterocycles. The Morgan fingerprint density at radius 2 is 1.84 bits per heavy atom. The van der Waals surface area contributed by atoms with Gasteiger partial charge >= 0.3 is 0 Å². The monoisotopic (exact) mass is 264 g/mol. The van der Waals surface area contributed by atoms with E-state index in [1.54, 1.807) is 12.1 Å². The third kappa shape index (κ3) is 4.99. The van der Waals surface area contributed by atoms with Crippen LogP contribution in [0.3, 0.4) is 0 Å². The van der Waals surface area contributed by atoms with Crippen LogP contribution < -0.4 is 5.43 Å². The summed E-state index contributed by atoms with van der Waals surface area (Å²) in [6.07, 6.45) is 5.64. The Bertz CT molecular complexity index is 399. The Hall–Kier alpha value is -1.42. The lowest BCUT2D eigenvalue weighted by molar-refractivity contribution is -0.125. The van der Waals surface area contributed by atoms with Gasteiger partial charge in [0.2, 0.25) is 5.91 Å². The fraction of sp³-hybridized carbons (Fsp3) is 0.533. The van der Waals surface area contributed by atoms with Crippen molar-refractivity contribution in [1.82, 2.24) is 10.4 Å². The molecule has 0 aliphatic carbocycles. The molecule has 1 amide bonds. The minimum atomic E-state index is -0.200. The zero-order chi connectivity index (χ0) is 13.5. The van der Waals surface area contributed by atoms with Gasteiger partial charge in [0.05, 0.1) is 0 Å². The van der Waals surface area contributed by atoms with E-state index in [4.69, 9.17) is 0 Å². The highest BCUT2D eigenvalue weighted by Crippen LogP contribution is 2.09. The first-order valence-electron chi connectivity index (χ1n) is 7.03. The highest BCUT2D eigenvalue weighted by Gasteiger charge is 2.13. The number of carbonyl (C=O) groups is 1. The zero-order valence-corrected chi connectivity index (χ0v) is 11.2. The predicted octanol–water partition coefficient (Wildman–Crippen LogP) is 2.67. The summed E-state index contributed by atoms with van der Waals surface area (Å²) < 4.78 is 12.7. The Labute approximate surface area is 113 Å². The van der Waals surface area contributed by atoms with Crippen molar-refractivity contribution in [1.29, 1.82) is 0 Å². The number of aryl methyl sites for hydroxylation is 1. The van der Waals surface area contributed by atoms with Crippen molar-refractivity contribution in [3.05, 3.63) is 35.6 Å². The molecule has 0 bridgehead atoms. The summed E-state index contributed by atoms with van der Waals surface area (Å²) in [4.78, 5) is 11.7. The molecule has 1 aromatic carbocycles. The highest BCUT2D eigenvalue weighted by atomic mass is 19.1. The van der Waals surface area contributed by atoms with Crippen LogP contribution in [0.5, 0.6) is 0 Å². The van der Waals surface area contributed by atoms with Gasteiger partial charge in [-0.1, -0.05) is 12.1 Å². The number of rotatable bonds is 6. The van der Waals surface area contributed by atoms with Gasteiger partial charge in [-0.05, 0) is 49.8 Å². The van der Waals surface area contributed by atoms with Crippen molar-refractivity contribution in [2.75, 3.05) is 13.1 Å². The van der Waals surface area contributed by atoms with Crippen LogP contribution in [-0.2, 0) is 11.2 Å². The molecule has 2 rings (SSSR count). The van der Waals surface area contributed by atoms with Crippen LogP contribution in [0.4, 0.5) is 4.39 Å². The third-order valence-corrected chi connectivity index (χ3v) is 3.42. The van der Waals surface area contributed by atoms with Gasteiger partial charge in [0, 0.05) is 19.5 Å². The smallest absolute Gasteiger partial charge is 0.234 e. The second-order valence-corrected chi connectivity index (χ2v) is 5.06. The van der Waals surface area contributed by atoms with E-state index >= 15 is 0 Å². The normalized spacial score (nSPS) is 15.6. The van der Waals surface area contributed by atoms with Gasteiger partial charge in [-0.2, -0.15) is 0 Å². The number of nitrogens with one attached hydrogen (secondary N) is 1. The molecule has 1 aliphatic heterocycles. The number of hydrogen-bond donors (Lipinski definition) is 1. The van der Waals surface area contributed by atoms with E-state index < -0.39 is 0 Å². The minimum absolute atomic E-state index is 0.112. The lowest BCUT2D eigenvalue weighted by atomic mass is 10.1. The molecule has 0 unspecified atom stereocenters. The second-order valence-electron chi connectivity index (χ2n) is 5.06. The van der Waals surface area contributed by atoms with Crippen molar-refractivity contribution in [3.8, 4) is 0 Å². The number of benzene rings is 1. The molecule has 0 aromatic heterocycles. The van der Waals surface area contributed by atoms with Gasteiger partial charge in [0.15, 0.2) is 0 Å². The molecule has 0 saturated carbocycles. The highest BCUT2D eigenvalue weighted by molar-refractivity contribution is 5.75. The molecule has 3 nitrogen and oxygen atoms in total. The van der Waals surface area contributed by atoms with Crippen molar-refractivity contribution in [2.24, 2.45) is 0 Å². The first kappa shape index (κ1) is 14.0. The average molecular weight is 264 g/mol. The fourth-order valence-corrected chi connectivity index (χ4v) is 2.33. The average Bonchev–Trinajstić information content (AvgIpc) is 2.89. The maximum absolute atomic E-state index is 12.7. The molecule has 1 aliphatic rings. The summed E-state index contributed by atoms with van der Waals surface area (Å²) in [7, 11) is 0. The molecular weight excluding hydrogens is 243 g/mol. The van der Waals surface area contributed by atoms with E-state index in [1.165, 1.54) is 25.0 Å². The molecule has 104 valence electrons. The fourth-order valence-electron chi connectivity index (χ4n) is 2.33. The first-order chi connectivity index (χ1) is 9.24. The van der Waals surface area contributed by atoms with Crippen LogP contribution in [-0.4, -0.2) is 24.0 Å². The van der Waals surface area contributed by atoms with Gasteiger partial charge in [0.25, 0.3) is 0 Å². The van der Waals surface area contributed by atoms with Crippen LogP contribution in [0.15, 0.2) is 24.3 Å². The van der Waals surface area contributed by atoms with Gasteiger partial charge in [-0.25, -0.2) is 9.40 Å². The van der Waals surface area contributed by atoms with Gasteiger partial charge in [-0.3, -0.25) is 10.2 Å². The van der Waals surface area contributed by atoms with Crippen molar-refractivity contribution in [2.45, 2.75) is 38.5 Å². The molecule has 0 atom stereocenters. The van der Waals surface area contributed by atoms with Gasteiger partial charge in [0.1, 0.15) is 5.82 Å². The number of halogens is 1. The van der Waals surface area contributed by atoms with E-state index in [-0.39, 0.29) is 11.7 Å². The Balaban J connectivity index is 1.58. The summed E-state index contributed by atoms with van der Waals surface area (Å²) in [6, 6.07) is 6.57. The minimum Gasteiger partial charge on any atom is -0.289 e. The predicted molar refractivity (Wildman–Crippen MR) is 72.9 cm³/mol. The third-order valence-electron chi connectivity index (χ3n) is 3.42. The molecule has 19 heavy (non-hydrogen) atoms. The van der Waals surface area contributed by atoms with E-state index in [2.05, 4.69) is 5.43 Å². The van der Waals surface area contributed by atoms with E-state index in [9.17, 15) is 9.18 Å². The number of carbonyl (C=O) groups excluding carboxylic acids is 1. The van der Waals surface area contributed by atoms with E-state index in [1.807, 2.05) is 5.01 Å². The largest absolute Gasteiger partial charge is 0.289 e. The number of unbranched alkanes of at least 4 members (excludes halogenated alkanes) is 1. The van der Waals surface area contributed by atoms with Crippen LogP contribution in [0.1, 0.15) is 37.7 Å². The molecular formula is C15H21FN2O. The second kappa shape index (κ2) is 7.24. The topological polar surface area (TPSA) is 32.3 Å². The van der Waals surface area contributed by atoms with E-state index in [0.29, 0.717) is 6.42 Å². The zero-order valence-electron chi connectivity index (χ0n) is 11.2. The molecule has 1 fully saturated rings. The molecule has 0 spiro atoms. The van der Waals surface area contributed by atoms with Gasteiger partial charge in [-0.15, -0.1) is 0 Å². The summed E-state index contributed by atoms with van der Waals surface area (Å²) >= 11 is 0. The number of amides is 1. The Kier molecular flexibility index (Phi) is 5.33. The Morgan fingerprint density at radius 1 is 1.16 bits per heavy atom. The van der Waals surface area contributed by atoms with Crippen LogP contribution in [0.25, 0.3) is 0 Å². The van der Waals surface area contributed by atoms with Crippen molar-refractivity contribution < 1.29 is 9.18 Å². The molecule has 0 radical (unpaired) electrons. The van der Waals surface area contributed by atoms with Gasteiger partial charge < -0.3 is 0 Å². The van der Waals surface area contributed by atoms with Crippen molar-refractivity contribution in [3.63, 3.8) is 0 Å². The standard InChI is InChI=1S/C15H21FN2O/c16-14-9-7-13(8-10-14)5-1-2-6-15(19)17-18-11-3-4-12-18/h7-10H,1-6,11-12H2,(H,17,19). The molecule has 1 saturated heterocycles. The molecule has 4 heteroatoms. The van der Waals surface area contributed by atoms with Crippen LogP contribution >= 0.6 is 0 Å². The summed E-state index contributed by atoms with van der Waals surface area (Å²) in [6.45, 7) is 1.95. The first-order valence-corrected chi connectivity index (χ1v) is 7.03. The summed E-state index contributed by atoms with van der Waals surface area (Å²) in [5.74, 6) is -0.0882. The van der Waals surface area contributed by atoms with E-state index in [0.717, 1.165) is 37.9 Å². The maximum atomic E-state index is 12.7. The lowest BCUT2D eigenvalue weighted by Gasteiger charge is -2.15. The summed E-state index contributed by atoms with van der Waals surface area (Å²) in [5.41, 5.74) is 4.06. The Morgan fingerprint density at radius 3 is 2.53 bits per heavy atom. The number of hydrogen-bond acceptors (Lipinski definition) is 2. The quantitative estimate of drug-likeness (QED) is 0.801. The molecule has 1 N–H and O–H groups in total. The van der Waals surface area contributed by atoms with Crippen LogP contribution in [0, 0.1) is 5.82 Å². The SMILES string of the molecule is O=C(CCCCc1ccc(F)cc1)NN1CCCC1.